The molecule has 112 valence electrons. The minimum absolute atomic E-state index is 0.325. The van der Waals surface area contributed by atoms with Gasteiger partial charge in [0.15, 0.2) is 0 Å². The van der Waals surface area contributed by atoms with E-state index in [0.29, 0.717) is 12.3 Å². The van der Waals surface area contributed by atoms with E-state index in [4.69, 9.17) is 0 Å². The van der Waals surface area contributed by atoms with Crippen molar-refractivity contribution in [2.24, 2.45) is 0 Å². The van der Waals surface area contributed by atoms with Crippen LogP contribution in [0.3, 0.4) is 0 Å². The number of hydrogen-bond acceptors (Lipinski definition) is 3. The molecule has 0 spiro atoms. The van der Waals surface area contributed by atoms with Crippen LogP contribution in [0.2, 0.25) is 0 Å². The van der Waals surface area contributed by atoms with Crippen LogP contribution >= 0.6 is 15.9 Å². The van der Waals surface area contributed by atoms with Crippen LogP contribution in [-0.2, 0) is 6.54 Å². The molecule has 2 aromatic rings. The summed E-state index contributed by atoms with van der Waals surface area (Å²) in [6.07, 6.45) is 1.06. The number of para-hydroxylation sites is 2. The molecule has 21 heavy (non-hydrogen) atoms. The Kier molecular flexibility index (Phi) is 6.08. The van der Waals surface area contributed by atoms with Crippen LogP contribution < -0.4 is 10.2 Å². The lowest BCUT2D eigenvalue weighted by Crippen LogP contribution is -2.23. The largest absolute Gasteiger partial charge is 0.506 e. The van der Waals surface area contributed by atoms with E-state index in [1.807, 2.05) is 24.3 Å². The van der Waals surface area contributed by atoms with Crippen LogP contribution in [0.5, 0.6) is 5.75 Å². The summed E-state index contributed by atoms with van der Waals surface area (Å²) in [7, 11) is 2.11. The van der Waals surface area contributed by atoms with E-state index in [9.17, 15) is 5.11 Å². The van der Waals surface area contributed by atoms with Crippen molar-refractivity contribution in [2.45, 2.75) is 13.0 Å². The predicted molar refractivity (Wildman–Crippen MR) is 91.8 cm³/mol. The normalized spacial score (nSPS) is 10.6. The second-order valence-corrected chi connectivity index (χ2v) is 5.89. The van der Waals surface area contributed by atoms with Gasteiger partial charge >= 0.3 is 0 Å². The van der Waals surface area contributed by atoms with E-state index in [2.05, 4.69) is 57.5 Å². The highest BCUT2D eigenvalue weighted by atomic mass is 79.9. The summed E-state index contributed by atoms with van der Waals surface area (Å²) >= 11 is 3.33. The molecule has 0 unspecified atom stereocenters. The van der Waals surface area contributed by atoms with Gasteiger partial charge in [0.25, 0.3) is 0 Å². The zero-order valence-electron chi connectivity index (χ0n) is 12.2. The number of aromatic hydroxyl groups is 1. The van der Waals surface area contributed by atoms with Gasteiger partial charge in [-0.1, -0.05) is 30.3 Å². The zero-order valence-corrected chi connectivity index (χ0v) is 13.8. The van der Waals surface area contributed by atoms with Crippen LogP contribution in [0.15, 0.2) is 53.0 Å². The number of hydrogen-bond donors (Lipinski definition) is 2. The van der Waals surface area contributed by atoms with Crippen LogP contribution in [-0.4, -0.2) is 25.2 Å². The molecule has 0 radical (unpaired) electrons. The summed E-state index contributed by atoms with van der Waals surface area (Å²) in [5, 5.41) is 13.3. The third kappa shape index (κ3) is 4.76. The number of nitrogens with one attached hydrogen (secondary N) is 1. The second kappa shape index (κ2) is 8.05. The molecule has 0 aliphatic carbocycles. The molecule has 2 N–H and O–H groups in total. The fraction of sp³-hybridized carbons (Fsp3) is 0.294. The van der Waals surface area contributed by atoms with Gasteiger partial charge in [-0.3, -0.25) is 0 Å². The average Bonchev–Trinajstić information content (AvgIpc) is 2.51. The lowest BCUT2D eigenvalue weighted by atomic mass is 10.2. The van der Waals surface area contributed by atoms with Crippen LogP contribution in [0.25, 0.3) is 0 Å². The maximum absolute atomic E-state index is 9.90. The fourth-order valence-corrected chi connectivity index (χ4v) is 2.59. The summed E-state index contributed by atoms with van der Waals surface area (Å²) in [5.41, 5.74) is 2.16. The van der Waals surface area contributed by atoms with Crippen LogP contribution in [0, 0.1) is 0 Å². The zero-order chi connectivity index (χ0) is 15.1. The van der Waals surface area contributed by atoms with Gasteiger partial charge in [-0.05, 0) is 47.1 Å². The fourth-order valence-electron chi connectivity index (χ4n) is 2.18. The summed E-state index contributed by atoms with van der Waals surface area (Å²) in [6, 6.07) is 16.1. The number of anilines is 1. The number of phenolic OH excluding ortho intramolecular Hbond substituents is 1. The maximum Gasteiger partial charge on any atom is 0.134 e. The molecule has 0 saturated carbocycles. The molecule has 0 aliphatic heterocycles. The van der Waals surface area contributed by atoms with E-state index in [0.717, 1.165) is 29.5 Å². The van der Waals surface area contributed by atoms with Crippen LogP contribution in [0.4, 0.5) is 5.69 Å². The highest BCUT2D eigenvalue weighted by molar-refractivity contribution is 9.10. The topological polar surface area (TPSA) is 35.5 Å². The lowest BCUT2D eigenvalue weighted by Gasteiger charge is -2.19. The average molecular weight is 349 g/mol. The minimum atomic E-state index is 0.325. The molecule has 0 saturated heterocycles. The summed E-state index contributed by atoms with van der Waals surface area (Å²) in [4.78, 5) is 2.25. The number of halogens is 1. The highest BCUT2D eigenvalue weighted by Crippen LogP contribution is 2.27. The summed E-state index contributed by atoms with van der Waals surface area (Å²) in [5.74, 6) is 0.325. The maximum atomic E-state index is 9.90. The van der Waals surface area contributed by atoms with Crippen molar-refractivity contribution in [1.82, 2.24) is 5.32 Å². The SMILES string of the molecule is CN(CCCNCc1cccc(Br)c1O)c1ccccc1. The van der Waals surface area contributed by atoms with Gasteiger partial charge in [-0.15, -0.1) is 0 Å². The number of benzene rings is 2. The predicted octanol–water partition coefficient (Wildman–Crippen LogP) is 3.77. The first-order valence-electron chi connectivity index (χ1n) is 7.11. The van der Waals surface area contributed by atoms with Crippen molar-refractivity contribution in [1.29, 1.82) is 0 Å². The van der Waals surface area contributed by atoms with Gasteiger partial charge in [0.2, 0.25) is 0 Å². The van der Waals surface area contributed by atoms with Gasteiger partial charge in [-0.2, -0.15) is 0 Å². The molecular weight excluding hydrogens is 328 g/mol. The van der Waals surface area contributed by atoms with Crippen molar-refractivity contribution in [3.63, 3.8) is 0 Å². The number of nitrogens with zero attached hydrogens (tertiary/aromatic N) is 1. The first-order chi connectivity index (χ1) is 10.2. The monoisotopic (exact) mass is 348 g/mol. The van der Waals surface area contributed by atoms with Crippen molar-refractivity contribution < 1.29 is 5.11 Å². The second-order valence-electron chi connectivity index (χ2n) is 5.04. The van der Waals surface area contributed by atoms with Crippen molar-refractivity contribution in [3.05, 3.63) is 58.6 Å². The number of rotatable bonds is 7. The Morgan fingerprint density at radius 1 is 1.10 bits per heavy atom. The van der Waals surface area contributed by atoms with E-state index in [1.54, 1.807) is 0 Å². The molecular formula is C17H21BrN2O. The Morgan fingerprint density at radius 2 is 1.86 bits per heavy atom. The number of phenols is 1. The van der Waals surface area contributed by atoms with Crippen molar-refractivity contribution in [2.75, 3.05) is 25.0 Å². The lowest BCUT2D eigenvalue weighted by molar-refractivity contribution is 0.461. The first kappa shape index (κ1) is 15.9. The molecule has 3 nitrogen and oxygen atoms in total. The minimum Gasteiger partial charge on any atom is -0.506 e. The van der Waals surface area contributed by atoms with E-state index in [1.165, 1.54) is 5.69 Å². The molecule has 0 aromatic heterocycles. The quantitative estimate of drug-likeness (QED) is 0.747. The molecule has 0 bridgehead atoms. The Balaban J connectivity index is 1.70. The molecule has 0 fully saturated rings. The molecule has 0 heterocycles. The summed E-state index contributed by atoms with van der Waals surface area (Å²) < 4.78 is 0.741. The van der Waals surface area contributed by atoms with E-state index in [-0.39, 0.29) is 0 Å². The molecule has 0 aliphatic rings. The standard InChI is InChI=1S/C17H21BrN2O/c1-20(15-8-3-2-4-9-15)12-6-11-19-13-14-7-5-10-16(18)17(14)21/h2-5,7-10,19,21H,6,11-13H2,1H3. The summed E-state index contributed by atoms with van der Waals surface area (Å²) in [6.45, 7) is 2.60. The van der Waals surface area contributed by atoms with Gasteiger partial charge < -0.3 is 15.3 Å². The highest BCUT2D eigenvalue weighted by Gasteiger charge is 2.04. The molecule has 2 rings (SSSR count). The molecule has 2 aromatic carbocycles. The van der Waals surface area contributed by atoms with Gasteiger partial charge in [-0.25, -0.2) is 0 Å². The van der Waals surface area contributed by atoms with E-state index >= 15 is 0 Å². The van der Waals surface area contributed by atoms with E-state index < -0.39 is 0 Å². The molecule has 0 atom stereocenters. The first-order valence-corrected chi connectivity index (χ1v) is 7.91. The van der Waals surface area contributed by atoms with Crippen molar-refractivity contribution >= 4 is 21.6 Å². The van der Waals surface area contributed by atoms with Gasteiger partial charge in [0.05, 0.1) is 4.47 Å². The van der Waals surface area contributed by atoms with Crippen LogP contribution in [0.1, 0.15) is 12.0 Å². The van der Waals surface area contributed by atoms with Gasteiger partial charge in [0, 0.05) is 31.4 Å². The Hall–Kier alpha value is -1.52. The Bertz CT molecular complexity index is 560. The van der Waals surface area contributed by atoms with Gasteiger partial charge in [0.1, 0.15) is 5.75 Å². The van der Waals surface area contributed by atoms with Crippen molar-refractivity contribution in [3.8, 4) is 5.75 Å². The molecule has 0 amide bonds. The third-order valence-electron chi connectivity index (χ3n) is 3.43. The Morgan fingerprint density at radius 3 is 2.62 bits per heavy atom. The Labute approximate surface area is 134 Å². The smallest absolute Gasteiger partial charge is 0.134 e. The molecule has 4 heteroatoms. The third-order valence-corrected chi connectivity index (χ3v) is 4.07.